The third-order valence-corrected chi connectivity index (χ3v) is 4.35. The second-order valence-electron chi connectivity index (χ2n) is 5.66. The molecule has 110 valence electrons. The molecule has 1 aliphatic heterocycles. The lowest BCUT2D eigenvalue weighted by atomic mass is 9.79. The highest BCUT2D eigenvalue weighted by atomic mass is 16.6. The summed E-state index contributed by atoms with van der Waals surface area (Å²) in [4.78, 5) is 23.6. The van der Waals surface area contributed by atoms with E-state index in [4.69, 9.17) is 4.74 Å². The minimum absolute atomic E-state index is 0.146. The fourth-order valence-electron chi connectivity index (χ4n) is 2.83. The summed E-state index contributed by atoms with van der Waals surface area (Å²) in [6, 6.07) is 0. The summed E-state index contributed by atoms with van der Waals surface area (Å²) >= 11 is 0. The number of rotatable bonds is 0. The maximum absolute atomic E-state index is 11.9. The molecule has 0 aromatic carbocycles. The Morgan fingerprint density at radius 3 is 2.50 bits per heavy atom. The van der Waals surface area contributed by atoms with Gasteiger partial charge in [0, 0.05) is 17.9 Å². The third kappa shape index (κ3) is 2.55. The maximum Gasteiger partial charge on any atom is 0.309 e. The first-order valence-corrected chi connectivity index (χ1v) is 6.79. The Kier molecular flexibility index (Phi) is 4.11. The fourth-order valence-corrected chi connectivity index (χ4v) is 2.83. The standard InChI is InChI=1S/C15H20O5/c1-7-4-5-11(16)9(3)12(17)6-10-8(2)15(19)20-14(10)13(7)18/h8,10,12-14,17-18H,1,3-6H2,2H3. The minimum atomic E-state index is -1.01. The van der Waals surface area contributed by atoms with E-state index >= 15 is 0 Å². The number of esters is 1. The first-order chi connectivity index (χ1) is 9.32. The fraction of sp³-hybridized carbons (Fsp3) is 0.600. The van der Waals surface area contributed by atoms with Gasteiger partial charge < -0.3 is 14.9 Å². The van der Waals surface area contributed by atoms with E-state index in [0.29, 0.717) is 12.0 Å². The summed E-state index contributed by atoms with van der Waals surface area (Å²) in [5, 5.41) is 20.3. The minimum Gasteiger partial charge on any atom is -0.459 e. The Morgan fingerprint density at radius 2 is 1.85 bits per heavy atom. The summed E-state index contributed by atoms with van der Waals surface area (Å²) < 4.78 is 5.23. The van der Waals surface area contributed by atoms with Crippen LogP contribution in [0.1, 0.15) is 26.2 Å². The molecule has 2 aliphatic rings. The van der Waals surface area contributed by atoms with Gasteiger partial charge in [-0.05, 0) is 18.4 Å². The Morgan fingerprint density at radius 1 is 1.20 bits per heavy atom. The molecule has 1 heterocycles. The van der Waals surface area contributed by atoms with Gasteiger partial charge in [0.1, 0.15) is 12.2 Å². The second kappa shape index (κ2) is 5.50. The molecule has 0 spiro atoms. The second-order valence-corrected chi connectivity index (χ2v) is 5.66. The molecular weight excluding hydrogens is 260 g/mol. The van der Waals surface area contributed by atoms with Crippen LogP contribution >= 0.6 is 0 Å². The molecule has 0 radical (unpaired) electrons. The number of ketones is 1. The van der Waals surface area contributed by atoms with Crippen LogP contribution in [0.15, 0.2) is 24.3 Å². The summed E-state index contributed by atoms with van der Waals surface area (Å²) in [5.74, 6) is -1.41. The summed E-state index contributed by atoms with van der Waals surface area (Å²) in [7, 11) is 0. The molecule has 0 aromatic heterocycles. The highest BCUT2D eigenvalue weighted by molar-refractivity contribution is 5.95. The predicted octanol–water partition coefficient (Wildman–Crippen LogP) is 0.751. The zero-order valence-electron chi connectivity index (χ0n) is 11.5. The average molecular weight is 280 g/mol. The number of hydrogen-bond acceptors (Lipinski definition) is 5. The van der Waals surface area contributed by atoms with Gasteiger partial charge >= 0.3 is 5.97 Å². The Labute approximate surface area is 117 Å². The molecule has 1 saturated heterocycles. The highest BCUT2D eigenvalue weighted by Gasteiger charge is 2.47. The first kappa shape index (κ1) is 14.9. The van der Waals surface area contributed by atoms with Crippen LogP contribution in [0.4, 0.5) is 0 Å². The molecule has 1 saturated carbocycles. The van der Waals surface area contributed by atoms with Crippen molar-refractivity contribution in [2.75, 3.05) is 0 Å². The van der Waals surface area contributed by atoms with E-state index < -0.39 is 30.2 Å². The molecule has 5 unspecified atom stereocenters. The van der Waals surface area contributed by atoms with Gasteiger partial charge in [0.25, 0.3) is 0 Å². The van der Waals surface area contributed by atoms with Crippen molar-refractivity contribution in [1.82, 2.24) is 0 Å². The topological polar surface area (TPSA) is 83.8 Å². The maximum atomic E-state index is 11.9. The monoisotopic (exact) mass is 280 g/mol. The van der Waals surface area contributed by atoms with Crippen LogP contribution in [0.5, 0.6) is 0 Å². The zero-order valence-corrected chi connectivity index (χ0v) is 11.5. The molecule has 2 N–H and O–H groups in total. The van der Waals surface area contributed by atoms with Crippen LogP contribution in [0.25, 0.3) is 0 Å². The van der Waals surface area contributed by atoms with Crippen LogP contribution < -0.4 is 0 Å². The van der Waals surface area contributed by atoms with Crippen molar-refractivity contribution in [3.8, 4) is 0 Å². The molecule has 1 aliphatic carbocycles. The molecule has 5 atom stereocenters. The number of aliphatic hydroxyl groups excluding tert-OH is 2. The van der Waals surface area contributed by atoms with Gasteiger partial charge in [-0.3, -0.25) is 9.59 Å². The van der Waals surface area contributed by atoms with Crippen molar-refractivity contribution >= 4 is 11.8 Å². The van der Waals surface area contributed by atoms with Gasteiger partial charge in [-0.15, -0.1) is 0 Å². The van der Waals surface area contributed by atoms with Crippen LogP contribution in [-0.4, -0.2) is 40.3 Å². The van der Waals surface area contributed by atoms with E-state index in [-0.39, 0.29) is 30.1 Å². The molecule has 5 nitrogen and oxygen atoms in total. The summed E-state index contributed by atoms with van der Waals surface area (Å²) in [6.45, 7) is 9.11. The van der Waals surface area contributed by atoms with Crippen molar-refractivity contribution in [3.05, 3.63) is 24.3 Å². The van der Waals surface area contributed by atoms with Crippen LogP contribution in [-0.2, 0) is 14.3 Å². The van der Waals surface area contributed by atoms with Gasteiger partial charge in [-0.1, -0.05) is 20.1 Å². The Bertz CT molecular complexity index is 467. The smallest absolute Gasteiger partial charge is 0.309 e. The Balaban J connectivity index is 2.31. The molecular formula is C15H20O5. The van der Waals surface area contributed by atoms with E-state index in [1.807, 2.05) is 0 Å². The number of hydrogen-bond donors (Lipinski definition) is 2. The Hall–Kier alpha value is -1.46. The predicted molar refractivity (Wildman–Crippen MR) is 71.7 cm³/mol. The van der Waals surface area contributed by atoms with Crippen LogP contribution in [0.3, 0.4) is 0 Å². The van der Waals surface area contributed by atoms with Gasteiger partial charge in [0.2, 0.25) is 0 Å². The van der Waals surface area contributed by atoms with E-state index in [0.717, 1.165) is 0 Å². The number of aliphatic hydroxyl groups is 2. The van der Waals surface area contributed by atoms with Crippen molar-refractivity contribution < 1.29 is 24.5 Å². The van der Waals surface area contributed by atoms with E-state index in [9.17, 15) is 19.8 Å². The van der Waals surface area contributed by atoms with Gasteiger partial charge in [-0.25, -0.2) is 0 Å². The van der Waals surface area contributed by atoms with Crippen molar-refractivity contribution in [1.29, 1.82) is 0 Å². The number of carbonyl (C=O) groups is 2. The molecule has 0 aromatic rings. The van der Waals surface area contributed by atoms with Gasteiger partial charge in [0.05, 0.1) is 12.0 Å². The largest absolute Gasteiger partial charge is 0.459 e. The number of fused-ring (bicyclic) bond motifs is 1. The van der Waals surface area contributed by atoms with Crippen LogP contribution in [0, 0.1) is 11.8 Å². The summed E-state index contributed by atoms with van der Waals surface area (Å²) in [6.07, 6.45) is -2.11. The highest BCUT2D eigenvalue weighted by Crippen LogP contribution is 2.37. The van der Waals surface area contributed by atoms with Gasteiger partial charge in [0.15, 0.2) is 5.78 Å². The normalized spacial score (nSPS) is 39.5. The average Bonchev–Trinajstić information content (AvgIpc) is 2.69. The van der Waals surface area contributed by atoms with Gasteiger partial charge in [-0.2, -0.15) is 0 Å². The van der Waals surface area contributed by atoms with E-state index in [1.54, 1.807) is 6.92 Å². The van der Waals surface area contributed by atoms with Crippen molar-refractivity contribution in [2.24, 2.45) is 11.8 Å². The first-order valence-electron chi connectivity index (χ1n) is 6.79. The lowest BCUT2D eigenvalue weighted by molar-refractivity contribution is -0.147. The van der Waals surface area contributed by atoms with Crippen LogP contribution in [0.2, 0.25) is 0 Å². The zero-order chi connectivity index (χ0) is 15.0. The molecule has 0 bridgehead atoms. The van der Waals surface area contributed by atoms with E-state index in [1.165, 1.54) is 0 Å². The number of ether oxygens (including phenoxy) is 1. The van der Waals surface area contributed by atoms with Crippen molar-refractivity contribution in [2.45, 2.75) is 44.5 Å². The molecule has 2 rings (SSSR count). The molecule has 20 heavy (non-hydrogen) atoms. The molecule has 2 fully saturated rings. The SMILES string of the molecule is C=C1C(=O)CCC(=C)C(O)C2OC(=O)C(C)C2CC1O. The van der Waals surface area contributed by atoms with E-state index in [2.05, 4.69) is 13.2 Å². The lowest BCUT2D eigenvalue weighted by Gasteiger charge is -2.29. The summed E-state index contributed by atoms with van der Waals surface area (Å²) in [5.41, 5.74) is 0.624. The number of carbonyl (C=O) groups excluding carboxylic acids is 2. The quantitative estimate of drug-likeness (QED) is 0.389. The molecule has 0 amide bonds. The third-order valence-electron chi connectivity index (χ3n) is 4.35. The number of Topliss-reactive ketones (excluding diaryl/α,β-unsaturated/α-hetero) is 1. The lowest BCUT2D eigenvalue weighted by Crippen LogP contribution is -2.37. The molecule has 5 heteroatoms. The van der Waals surface area contributed by atoms with Crippen molar-refractivity contribution in [3.63, 3.8) is 0 Å².